The van der Waals surface area contributed by atoms with Crippen LogP contribution < -0.4 is 10.6 Å². The molecular formula is C40H49N9O3S2. The van der Waals surface area contributed by atoms with Crippen LogP contribution in [0, 0.1) is 13.8 Å². The Labute approximate surface area is 325 Å². The van der Waals surface area contributed by atoms with Gasteiger partial charge in [0.2, 0.25) is 0 Å². The van der Waals surface area contributed by atoms with Gasteiger partial charge in [-0.25, -0.2) is 19.9 Å². The Balaban J connectivity index is 0.000000174. The van der Waals surface area contributed by atoms with Crippen LogP contribution in [0.2, 0.25) is 0 Å². The van der Waals surface area contributed by atoms with E-state index >= 15 is 0 Å². The maximum Gasteiger partial charge on any atom is 0.189 e. The smallest absolute Gasteiger partial charge is 0.189 e. The van der Waals surface area contributed by atoms with E-state index in [0.717, 1.165) is 102 Å². The molecule has 3 N–H and O–H groups in total. The monoisotopic (exact) mass is 767 g/mol. The first-order valence-corrected chi connectivity index (χ1v) is 19.9. The normalized spacial score (nSPS) is 13.9. The molecule has 0 amide bonds. The van der Waals surface area contributed by atoms with Crippen molar-refractivity contribution in [2.45, 2.75) is 46.6 Å². The number of thiazole rings is 2. The zero-order valence-electron chi connectivity index (χ0n) is 31.1. The molecule has 0 saturated carbocycles. The lowest BCUT2D eigenvalue weighted by molar-refractivity contribution is 0.0347. The molecule has 2 saturated heterocycles. The number of anilines is 4. The topological polar surface area (TPSA) is 143 Å². The third kappa shape index (κ3) is 13.0. The summed E-state index contributed by atoms with van der Waals surface area (Å²) >= 11 is 3.21. The third-order valence-corrected chi connectivity index (χ3v) is 9.77. The van der Waals surface area contributed by atoms with Gasteiger partial charge in [-0.2, -0.15) is 0 Å². The van der Waals surface area contributed by atoms with E-state index in [0.29, 0.717) is 0 Å². The van der Waals surface area contributed by atoms with E-state index in [1.165, 1.54) is 24.1 Å². The molecule has 14 heteroatoms. The van der Waals surface area contributed by atoms with Crippen molar-refractivity contribution >= 4 is 44.6 Å². The highest BCUT2D eigenvalue weighted by atomic mass is 32.1. The summed E-state index contributed by atoms with van der Waals surface area (Å²) < 4.78 is 10.5. The third-order valence-electron chi connectivity index (χ3n) is 8.05. The zero-order valence-corrected chi connectivity index (χ0v) is 32.8. The summed E-state index contributed by atoms with van der Waals surface area (Å²) in [4.78, 5) is 30.5. The molecule has 0 aromatic carbocycles. The zero-order chi connectivity index (χ0) is 37.8. The molecule has 0 bridgehead atoms. The van der Waals surface area contributed by atoms with Crippen molar-refractivity contribution in [3.05, 3.63) is 107 Å². The number of pyridine rings is 4. The number of aliphatic hydroxyl groups is 1. The Morgan fingerprint density at radius 1 is 0.667 bits per heavy atom. The van der Waals surface area contributed by atoms with Crippen LogP contribution >= 0.6 is 22.7 Å². The quantitative estimate of drug-likeness (QED) is 0.137. The van der Waals surface area contributed by atoms with E-state index in [-0.39, 0.29) is 6.61 Å². The minimum atomic E-state index is 0.250. The van der Waals surface area contributed by atoms with E-state index in [1.807, 2.05) is 86.1 Å². The Hall–Kier alpha value is -4.70. The Kier molecular flexibility index (Phi) is 16.9. The van der Waals surface area contributed by atoms with Gasteiger partial charge in [-0.15, -0.1) is 11.3 Å². The van der Waals surface area contributed by atoms with Crippen molar-refractivity contribution in [1.82, 2.24) is 34.8 Å². The minimum Gasteiger partial charge on any atom is -0.397 e. The summed E-state index contributed by atoms with van der Waals surface area (Å²) in [7, 11) is 0. The molecule has 6 aromatic rings. The summed E-state index contributed by atoms with van der Waals surface area (Å²) in [6.45, 7) is 12.3. The predicted octanol–water partition coefficient (Wildman–Crippen LogP) is 8.32. The molecule has 284 valence electrons. The molecule has 0 unspecified atom stereocenters. The number of nitrogens with one attached hydrogen (secondary N) is 2. The molecule has 2 fully saturated rings. The summed E-state index contributed by atoms with van der Waals surface area (Å²) in [5.41, 5.74) is 5.79. The highest BCUT2D eigenvalue weighted by Gasteiger charge is 2.19. The number of hydrogen-bond donors (Lipinski definition) is 3. The van der Waals surface area contributed by atoms with E-state index in [2.05, 4.69) is 40.5 Å². The van der Waals surface area contributed by atoms with Gasteiger partial charge in [0.15, 0.2) is 10.3 Å². The lowest BCUT2D eigenvalue weighted by Crippen LogP contribution is -2.35. The molecule has 2 aliphatic rings. The van der Waals surface area contributed by atoms with E-state index in [4.69, 9.17) is 19.6 Å². The Morgan fingerprint density at radius 2 is 1.24 bits per heavy atom. The average Bonchev–Trinajstić information content (AvgIpc) is 3.86. The summed E-state index contributed by atoms with van der Waals surface area (Å²) in [6.07, 6.45) is 11.1. The molecule has 54 heavy (non-hydrogen) atoms. The van der Waals surface area contributed by atoms with Crippen molar-refractivity contribution in [3.8, 4) is 22.8 Å². The molecular weight excluding hydrogens is 719 g/mol. The van der Waals surface area contributed by atoms with Crippen molar-refractivity contribution in [2.24, 2.45) is 0 Å². The fraction of sp³-hybridized carbons (Fsp3) is 0.350. The number of nitrogens with zero attached hydrogens (tertiary/aromatic N) is 7. The number of morpholine rings is 1. The second-order valence-electron chi connectivity index (χ2n) is 12.2. The molecule has 0 atom stereocenters. The molecule has 6 aromatic heterocycles. The lowest BCUT2D eigenvalue weighted by atomic mass is 10.2. The fourth-order valence-corrected chi connectivity index (χ4v) is 6.98. The van der Waals surface area contributed by atoms with Gasteiger partial charge in [-0.05, 0) is 87.6 Å². The predicted molar refractivity (Wildman–Crippen MR) is 219 cm³/mol. The maximum atomic E-state index is 7.57. The molecule has 0 radical (unpaired) electrons. The van der Waals surface area contributed by atoms with Gasteiger partial charge < -0.3 is 25.2 Å². The number of aliphatic hydroxyl groups excluding tert-OH is 1. The largest absolute Gasteiger partial charge is 0.397 e. The van der Waals surface area contributed by atoms with Crippen LogP contribution in [0.25, 0.3) is 22.8 Å². The molecule has 2 aliphatic heterocycles. The average molecular weight is 768 g/mol. The van der Waals surface area contributed by atoms with Gasteiger partial charge in [0.05, 0.1) is 29.5 Å². The first kappa shape index (κ1) is 40.5. The van der Waals surface area contributed by atoms with Crippen LogP contribution in [0.3, 0.4) is 0 Å². The van der Waals surface area contributed by atoms with Gasteiger partial charge in [0.1, 0.15) is 23.0 Å². The summed E-state index contributed by atoms with van der Waals surface area (Å²) in [5, 5.41) is 17.8. The standard InChI is InChI=1S/C19H21N5OS.C14H12N4S.C5H10O.C2H6O/c1-14-5-4-8-21-18(14)23-19-22-17(15-6-2-3-7-20-15)16(26-19)13-24-9-11-25-12-10-24;1-10-5-4-8-16-13(10)18-14-17-12(9-19-14)11-6-2-3-7-15-11;1-2-4-6-5-3-1;1-2-3/h2-8H,9-13H2,1H3,(H,21,22,23);2-9H,1H3,(H,16,17,18);1-5H2;3H,2H2,1H3. The molecule has 0 aliphatic carbocycles. The van der Waals surface area contributed by atoms with Crippen molar-refractivity contribution in [1.29, 1.82) is 0 Å². The van der Waals surface area contributed by atoms with Crippen LogP contribution in [0.5, 0.6) is 0 Å². The first-order valence-electron chi connectivity index (χ1n) is 18.2. The lowest BCUT2D eigenvalue weighted by Gasteiger charge is -2.26. The van der Waals surface area contributed by atoms with Gasteiger partial charge in [-0.1, -0.05) is 35.6 Å². The van der Waals surface area contributed by atoms with Gasteiger partial charge in [0, 0.05) is 69.6 Å². The van der Waals surface area contributed by atoms with E-state index in [9.17, 15) is 0 Å². The van der Waals surface area contributed by atoms with Gasteiger partial charge >= 0.3 is 0 Å². The summed E-state index contributed by atoms with van der Waals surface area (Å²) in [6, 6.07) is 19.6. The molecule has 12 nitrogen and oxygen atoms in total. The highest BCUT2D eigenvalue weighted by Crippen LogP contribution is 2.33. The number of aryl methyl sites for hydroxylation is 2. The van der Waals surface area contributed by atoms with Crippen LogP contribution in [0.15, 0.2) is 90.8 Å². The Morgan fingerprint density at radius 3 is 1.78 bits per heavy atom. The number of aromatic nitrogens is 6. The van der Waals surface area contributed by atoms with Crippen LogP contribution in [0.1, 0.15) is 42.2 Å². The van der Waals surface area contributed by atoms with Crippen LogP contribution in [-0.2, 0) is 16.0 Å². The maximum absolute atomic E-state index is 7.57. The van der Waals surface area contributed by atoms with Crippen molar-refractivity contribution < 1.29 is 14.6 Å². The molecule has 0 spiro atoms. The van der Waals surface area contributed by atoms with Crippen molar-refractivity contribution in [3.63, 3.8) is 0 Å². The first-order chi connectivity index (χ1) is 26.5. The van der Waals surface area contributed by atoms with Crippen LogP contribution in [-0.4, -0.2) is 86.0 Å². The number of hydrogen-bond acceptors (Lipinski definition) is 14. The number of ether oxygens (including phenoxy) is 2. The van der Waals surface area contributed by atoms with Crippen molar-refractivity contribution in [2.75, 3.05) is 56.8 Å². The number of rotatable bonds is 8. The van der Waals surface area contributed by atoms with E-state index in [1.54, 1.807) is 48.2 Å². The highest BCUT2D eigenvalue weighted by molar-refractivity contribution is 7.16. The SMILES string of the molecule is C1CCOCC1.CCO.Cc1cccnc1Nc1nc(-c2ccccn2)c(CN2CCOCC2)s1.Cc1cccnc1Nc1nc(-c2ccccn2)cs1. The minimum absolute atomic E-state index is 0.250. The molecule has 8 heterocycles. The van der Waals surface area contributed by atoms with Crippen LogP contribution in [0.4, 0.5) is 21.9 Å². The van der Waals surface area contributed by atoms with Gasteiger partial charge in [0.25, 0.3) is 0 Å². The summed E-state index contributed by atoms with van der Waals surface area (Å²) in [5.74, 6) is 1.68. The second-order valence-corrected chi connectivity index (χ2v) is 14.2. The van der Waals surface area contributed by atoms with Gasteiger partial charge in [-0.3, -0.25) is 14.9 Å². The second kappa shape index (κ2) is 22.5. The molecule has 8 rings (SSSR count). The Bertz CT molecular complexity index is 1920. The fourth-order valence-electron chi connectivity index (χ4n) is 5.26. The van der Waals surface area contributed by atoms with E-state index < -0.39 is 0 Å².